The van der Waals surface area contributed by atoms with Crippen molar-refractivity contribution in [1.82, 2.24) is 9.97 Å². The molecule has 7 heteroatoms. The molecule has 120 valence electrons. The summed E-state index contributed by atoms with van der Waals surface area (Å²) in [6.07, 6.45) is 4.94. The molecule has 0 radical (unpaired) electrons. The Morgan fingerprint density at radius 2 is 2.09 bits per heavy atom. The molecule has 0 fully saturated rings. The van der Waals surface area contributed by atoms with Crippen LogP contribution in [0.2, 0.25) is 0 Å². The molecule has 0 saturated heterocycles. The molecule has 0 amide bonds. The molecule has 0 spiro atoms. The Morgan fingerprint density at radius 1 is 1.17 bits per heavy atom. The fourth-order valence-corrected chi connectivity index (χ4v) is 2.28. The summed E-state index contributed by atoms with van der Waals surface area (Å²) in [7, 11) is 3.26. The molecule has 0 aliphatic carbocycles. The van der Waals surface area contributed by atoms with E-state index in [2.05, 4.69) is 20.3 Å². The maximum Gasteiger partial charge on any atom is 0.180 e. The van der Waals surface area contributed by atoms with Crippen LogP contribution in [0.3, 0.4) is 0 Å². The number of hydrogen-bond acceptors (Lipinski definition) is 7. The number of anilines is 2. The van der Waals surface area contributed by atoms with Gasteiger partial charge >= 0.3 is 0 Å². The van der Waals surface area contributed by atoms with E-state index in [1.807, 2.05) is 18.3 Å². The molecular weight excluding hydrogens is 296 g/mol. The van der Waals surface area contributed by atoms with Gasteiger partial charge in [-0.15, -0.1) is 0 Å². The van der Waals surface area contributed by atoms with Crippen molar-refractivity contribution < 1.29 is 14.2 Å². The van der Waals surface area contributed by atoms with Gasteiger partial charge in [0.2, 0.25) is 0 Å². The van der Waals surface area contributed by atoms with Gasteiger partial charge in [-0.05, 0) is 23.3 Å². The second-order valence-corrected chi connectivity index (χ2v) is 4.92. The maximum absolute atomic E-state index is 5.64. The Balaban J connectivity index is 1.86. The highest BCUT2D eigenvalue weighted by Crippen LogP contribution is 2.34. The SMILES string of the molecule is COCCOc1cncnc1Nc1cc2c(cc1OC)CN=C2. The van der Waals surface area contributed by atoms with Gasteiger partial charge in [-0.2, -0.15) is 0 Å². The van der Waals surface area contributed by atoms with E-state index in [9.17, 15) is 0 Å². The smallest absolute Gasteiger partial charge is 0.180 e. The van der Waals surface area contributed by atoms with Crippen LogP contribution < -0.4 is 14.8 Å². The Labute approximate surface area is 134 Å². The molecule has 1 aromatic heterocycles. The summed E-state index contributed by atoms with van der Waals surface area (Å²) in [4.78, 5) is 12.5. The summed E-state index contributed by atoms with van der Waals surface area (Å²) >= 11 is 0. The fraction of sp³-hybridized carbons (Fsp3) is 0.312. The third-order valence-corrected chi connectivity index (χ3v) is 3.43. The van der Waals surface area contributed by atoms with Crippen LogP contribution in [-0.2, 0) is 11.3 Å². The standard InChI is InChI=1S/C16H18N4O3/c1-21-3-4-23-15-9-18-10-19-16(15)20-13-5-11-7-17-8-12(11)6-14(13)22-2/h5-7,9-10H,3-4,8H2,1-2H3,(H,18,19,20). The largest absolute Gasteiger partial charge is 0.495 e. The first-order valence-electron chi connectivity index (χ1n) is 7.21. The van der Waals surface area contributed by atoms with Crippen molar-refractivity contribution >= 4 is 17.7 Å². The van der Waals surface area contributed by atoms with Crippen LogP contribution in [0.25, 0.3) is 0 Å². The van der Waals surface area contributed by atoms with Crippen molar-refractivity contribution in [2.24, 2.45) is 4.99 Å². The molecular formula is C16H18N4O3. The number of aromatic nitrogens is 2. The molecule has 7 nitrogen and oxygen atoms in total. The number of hydrogen-bond donors (Lipinski definition) is 1. The molecule has 0 atom stereocenters. The van der Waals surface area contributed by atoms with Gasteiger partial charge in [-0.25, -0.2) is 9.97 Å². The monoisotopic (exact) mass is 314 g/mol. The van der Waals surface area contributed by atoms with E-state index >= 15 is 0 Å². The van der Waals surface area contributed by atoms with Crippen LogP contribution in [0.15, 0.2) is 29.6 Å². The van der Waals surface area contributed by atoms with Crippen molar-refractivity contribution in [3.63, 3.8) is 0 Å². The van der Waals surface area contributed by atoms with Gasteiger partial charge in [0.15, 0.2) is 11.6 Å². The average molecular weight is 314 g/mol. The van der Waals surface area contributed by atoms with Crippen molar-refractivity contribution in [2.75, 3.05) is 32.8 Å². The van der Waals surface area contributed by atoms with E-state index in [1.54, 1.807) is 20.4 Å². The number of rotatable bonds is 7. The average Bonchev–Trinajstić information content (AvgIpc) is 3.03. The Hall–Kier alpha value is -2.67. The lowest BCUT2D eigenvalue weighted by molar-refractivity contribution is 0.146. The van der Waals surface area contributed by atoms with Crippen molar-refractivity contribution in [3.05, 3.63) is 35.8 Å². The molecule has 3 rings (SSSR count). The predicted octanol–water partition coefficient (Wildman–Crippen LogP) is 2.19. The predicted molar refractivity (Wildman–Crippen MR) is 87.0 cm³/mol. The van der Waals surface area contributed by atoms with E-state index in [-0.39, 0.29) is 0 Å². The summed E-state index contributed by atoms with van der Waals surface area (Å²) in [5.41, 5.74) is 3.02. The Morgan fingerprint density at radius 3 is 2.91 bits per heavy atom. The summed E-state index contributed by atoms with van der Waals surface area (Å²) in [5, 5.41) is 3.25. The zero-order chi connectivity index (χ0) is 16.1. The van der Waals surface area contributed by atoms with Crippen LogP contribution in [-0.4, -0.2) is 43.6 Å². The second kappa shape index (κ2) is 7.06. The zero-order valence-corrected chi connectivity index (χ0v) is 13.1. The van der Waals surface area contributed by atoms with Crippen LogP contribution in [0.1, 0.15) is 11.1 Å². The molecule has 1 aliphatic heterocycles. The van der Waals surface area contributed by atoms with Gasteiger partial charge < -0.3 is 19.5 Å². The van der Waals surface area contributed by atoms with E-state index < -0.39 is 0 Å². The summed E-state index contributed by atoms with van der Waals surface area (Å²) in [6, 6.07) is 3.98. The summed E-state index contributed by atoms with van der Waals surface area (Å²) in [5.74, 6) is 1.86. The lowest BCUT2D eigenvalue weighted by atomic mass is 10.1. The van der Waals surface area contributed by atoms with Crippen molar-refractivity contribution in [2.45, 2.75) is 6.54 Å². The number of nitrogens with one attached hydrogen (secondary N) is 1. The number of fused-ring (bicyclic) bond motifs is 1. The van der Waals surface area contributed by atoms with Crippen molar-refractivity contribution in [3.8, 4) is 11.5 Å². The highest BCUT2D eigenvalue weighted by molar-refractivity contribution is 5.88. The molecule has 0 saturated carbocycles. The molecule has 2 aromatic rings. The number of benzene rings is 1. The molecule has 1 aliphatic rings. The zero-order valence-electron chi connectivity index (χ0n) is 13.1. The lowest BCUT2D eigenvalue weighted by Gasteiger charge is -2.15. The van der Waals surface area contributed by atoms with Gasteiger partial charge in [-0.1, -0.05) is 0 Å². The normalized spacial score (nSPS) is 12.1. The summed E-state index contributed by atoms with van der Waals surface area (Å²) in [6.45, 7) is 1.60. The third kappa shape index (κ3) is 3.40. The van der Waals surface area contributed by atoms with Gasteiger partial charge in [0.05, 0.1) is 32.1 Å². The van der Waals surface area contributed by atoms with Crippen molar-refractivity contribution in [1.29, 1.82) is 0 Å². The fourth-order valence-electron chi connectivity index (χ4n) is 2.28. The first-order valence-corrected chi connectivity index (χ1v) is 7.21. The molecule has 0 bridgehead atoms. The minimum Gasteiger partial charge on any atom is -0.495 e. The van der Waals surface area contributed by atoms with E-state index in [4.69, 9.17) is 14.2 Å². The lowest BCUT2D eigenvalue weighted by Crippen LogP contribution is -2.07. The minimum atomic E-state index is 0.423. The third-order valence-electron chi connectivity index (χ3n) is 3.43. The van der Waals surface area contributed by atoms with Gasteiger partial charge in [0.1, 0.15) is 18.7 Å². The van der Waals surface area contributed by atoms with Crippen LogP contribution >= 0.6 is 0 Å². The first-order chi connectivity index (χ1) is 11.3. The molecule has 1 N–H and O–H groups in total. The van der Waals surface area contributed by atoms with Crippen LogP contribution in [0.5, 0.6) is 11.5 Å². The second-order valence-electron chi connectivity index (χ2n) is 4.92. The van der Waals surface area contributed by atoms with Gasteiger partial charge in [0.25, 0.3) is 0 Å². The quantitative estimate of drug-likeness (QED) is 0.789. The van der Waals surface area contributed by atoms with Crippen LogP contribution in [0.4, 0.5) is 11.5 Å². The van der Waals surface area contributed by atoms with E-state index in [0.717, 1.165) is 22.6 Å². The Kier molecular flexibility index (Phi) is 4.68. The topological polar surface area (TPSA) is 77.9 Å². The highest BCUT2D eigenvalue weighted by Gasteiger charge is 2.14. The molecule has 23 heavy (non-hydrogen) atoms. The Bertz CT molecular complexity index is 718. The number of nitrogens with zero attached hydrogens (tertiary/aromatic N) is 3. The minimum absolute atomic E-state index is 0.423. The first kappa shape index (κ1) is 15.2. The summed E-state index contributed by atoms with van der Waals surface area (Å²) < 4.78 is 16.1. The molecule has 0 unspecified atom stereocenters. The van der Waals surface area contributed by atoms with E-state index in [0.29, 0.717) is 31.3 Å². The van der Waals surface area contributed by atoms with Gasteiger partial charge in [0, 0.05) is 13.3 Å². The molecule has 1 aromatic carbocycles. The highest BCUT2D eigenvalue weighted by atomic mass is 16.5. The number of ether oxygens (including phenoxy) is 3. The number of aliphatic imine (C=N–C) groups is 1. The maximum atomic E-state index is 5.64. The van der Waals surface area contributed by atoms with Gasteiger partial charge in [-0.3, -0.25) is 4.99 Å². The van der Waals surface area contributed by atoms with Crippen LogP contribution in [0, 0.1) is 0 Å². The number of methoxy groups -OCH3 is 2. The molecule has 2 heterocycles. The van der Waals surface area contributed by atoms with E-state index in [1.165, 1.54) is 6.33 Å².